The summed E-state index contributed by atoms with van der Waals surface area (Å²) in [5.74, 6) is 0.590. The van der Waals surface area contributed by atoms with Crippen molar-refractivity contribution in [1.82, 2.24) is 10.4 Å². The predicted molar refractivity (Wildman–Crippen MR) is 78.1 cm³/mol. The lowest BCUT2D eigenvalue weighted by molar-refractivity contribution is -0.0493. The van der Waals surface area contributed by atoms with Gasteiger partial charge in [-0.3, -0.25) is 0 Å². The maximum Gasteiger partial charge on any atom is 0.0891 e. The van der Waals surface area contributed by atoms with Crippen molar-refractivity contribution in [2.75, 3.05) is 13.6 Å². The third-order valence-corrected chi connectivity index (χ3v) is 3.41. The lowest BCUT2D eigenvalue weighted by Crippen LogP contribution is -2.41. The molecule has 0 bridgehead atoms. The van der Waals surface area contributed by atoms with Gasteiger partial charge in [0.1, 0.15) is 0 Å². The highest BCUT2D eigenvalue weighted by Crippen LogP contribution is 2.26. The summed E-state index contributed by atoms with van der Waals surface area (Å²) in [6.45, 7) is 7.02. The minimum absolute atomic E-state index is 0.0782. The molecule has 0 radical (unpaired) electrons. The fraction of sp³-hybridized carbons (Fsp3) is 1.00. The highest BCUT2D eigenvalue weighted by atomic mass is 19.2. The van der Waals surface area contributed by atoms with Gasteiger partial charge in [-0.15, -0.1) is 9.60 Å². The predicted octanol–water partition coefficient (Wildman–Crippen LogP) is 4.52. The van der Waals surface area contributed by atoms with Gasteiger partial charge in [0.25, 0.3) is 0 Å². The fourth-order valence-electron chi connectivity index (χ4n) is 2.39. The summed E-state index contributed by atoms with van der Waals surface area (Å²) in [7, 11) is 1.85. The molecule has 1 aliphatic rings. The molecule has 1 fully saturated rings. The molecule has 0 aromatic carbocycles. The number of rotatable bonds is 7. The second-order valence-electron chi connectivity index (χ2n) is 5.39. The molecule has 1 saturated carbocycles. The summed E-state index contributed by atoms with van der Waals surface area (Å²) in [4.78, 5) is 0. The van der Waals surface area contributed by atoms with E-state index in [4.69, 9.17) is 0 Å². The molecule has 0 aromatic heterocycles. The summed E-state index contributed by atoms with van der Waals surface area (Å²) >= 11 is 0. The first-order valence-corrected chi connectivity index (χ1v) is 7.79. The summed E-state index contributed by atoms with van der Waals surface area (Å²) in [6, 6.07) is 0. The zero-order chi connectivity index (χ0) is 13.8. The fourth-order valence-corrected chi connectivity index (χ4v) is 2.39. The molecule has 2 nitrogen and oxygen atoms in total. The second-order valence-corrected chi connectivity index (χ2v) is 5.39. The van der Waals surface area contributed by atoms with Gasteiger partial charge in [-0.05, 0) is 32.2 Å². The van der Waals surface area contributed by atoms with Crippen molar-refractivity contribution >= 4 is 0 Å². The average molecular weight is 260 g/mol. The highest BCUT2D eigenvalue weighted by Gasteiger charge is 2.22. The van der Waals surface area contributed by atoms with Crippen molar-refractivity contribution in [2.45, 2.75) is 78.3 Å². The molecule has 0 aromatic rings. The zero-order valence-corrected chi connectivity index (χ0v) is 12.8. The minimum atomic E-state index is -0.0782. The van der Waals surface area contributed by atoms with Crippen LogP contribution in [-0.4, -0.2) is 24.9 Å². The Hall–Kier alpha value is -0.150. The molecule has 0 saturated heterocycles. The Balaban J connectivity index is 0.000000873. The van der Waals surface area contributed by atoms with Gasteiger partial charge in [0.15, 0.2) is 0 Å². The molecule has 1 N–H and O–H groups in total. The third-order valence-electron chi connectivity index (χ3n) is 3.41. The van der Waals surface area contributed by atoms with E-state index in [9.17, 15) is 4.48 Å². The monoisotopic (exact) mass is 260 g/mol. The van der Waals surface area contributed by atoms with Crippen LogP contribution in [-0.2, 0) is 0 Å². The van der Waals surface area contributed by atoms with Crippen molar-refractivity contribution in [2.24, 2.45) is 5.92 Å². The Morgan fingerprint density at radius 1 is 1.22 bits per heavy atom. The van der Waals surface area contributed by atoms with E-state index < -0.39 is 0 Å². The van der Waals surface area contributed by atoms with E-state index >= 15 is 0 Å². The van der Waals surface area contributed by atoms with Gasteiger partial charge in [0, 0.05) is 6.54 Å². The molecule has 110 valence electrons. The van der Waals surface area contributed by atoms with Gasteiger partial charge in [-0.25, -0.2) is 0 Å². The van der Waals surface area contributed by atoms with E-state index in [2.05, 4.69) is 26.1 Å². The van der Waals surface area contributed by atoms with Crippen molar-refractivity contribution in [3.63, 3.8) is 0 Å². The Morgan fingerprint density at radius 2 is 1.78 bits per heavy atom. The Morgan fingerprint density at radius 3 is 2.22 bits per heavy atom. The van der Waals surface area contributed by atoms with Crippen molar-refractivity contribution in [1.29, 1.82) is 0 Å². The first kappa shape index (κ1) is 17.8. The molecule has 1 aliphatic carbocycles. The minimum Gasteiger partial charge on any atom is -0.303 e. The van der Waals surface area contributed by atoms with Crippen LogP contribution >= 0.6 is 0 Å². The van der Waals surface area contributed by atoms with E-state index in [0.717, 1.165) is 24.4 Å². The van der Waals surface area contributed by atoms with E-state index in [1.807, 2.05) is 7.05 Å². The van der Waals surface area contributed by atoms with E-state index in [1.54, 1.807) is 0 Å². The highest BCUT2D eigenvalue weighted by molar-refractivity contribution is 4.71. The van der Waals surface area contributed by atoms with Crippen molar-refractivity contribution < 1.29 is 4.48 Å². The first-order valence-electron chi connectivity index (χ1n) is 7.79. The van der Waals surface area contributed by atoms with Crippen LogP contribution in [0.1, 0.15) is 72.1 Å². The molecule has 18 heavy (non-hydrogen) atoms. The largest absolute Gasteiger partial charge is 0.303 e. The quantitative estimate of drug-likeness (QED) is 0.535. The Kier molecular flexibility index (Phi) is 11.8. The van der Waals surface area contributed by atoms with E-state index in [0.29, 0.717) is 12.5 Å². The number of hydrogen-bond acceptors (Lipinski definition) is 2. The smallest absolute Gasteiger partial charge is 0.0891 e. The Labute approximate surface area is 113 Å². The lowest BCUT2D eigenvalue weighted by Gasteiger charge is -2.25. The molecule has 0 spiro atoms. The molecule has 0 aliphatic heterocycles. The van der Waals surface area contributed by atoms with Crippen molar-refractivity contribution in [3.05, 3.63) is 0 Å². The Bertz CT molecular complexity index is 170. The van der Waals surface area contributed by atoms with E-state index in [-0.39, 0.29) is 6.17 Å². The maximum atomic E-state index is 13.8. The summed E-state index contributed by atoms with van der Waals surface area (Å²) in [5, 5.41) is 4.08. The molecular formula is C15H33FN2. The lowest BCUT2D eigenvalue weighted by atomic mass is 10.1. The summed E-state index contributed by atoms with van der Waals surface area (Å²) in [6.07, 6.45) is 9.32. The third kappa shape index (κ3) is 8.04. The molecule has 1 rings (SSSR count). The normalized spacial score (nSPS) is 17.7. The maximum absolute atomic E-state index is 13.8. The number of nitrogens with one attached hydrogen (secondary N) is 1. The first-order chi connectivity index (χ1) is 8.69. The zero-order valence-electron chi connectivity index (χ0n) is 12.8. The molecule has 1 atom stereocenters. The van der Waals surface area contributed by atoms with Gasteiger partial charge in [-0.2, -0.15) is 0 Å². The van der Waals surface area contributed by atoms with Gasteiger partial charge in [0.05, 0.1) is 6.17 Å². The van der Waals surface area contributed by atoms with Gasteiger partial charge in [-0.1, -0.05) is 52.9 Å². The number of nitrogens with zero attached hydrogens (tertiary/aromatic N) is 1. The number of hydrogen-bond donors (Lipinski definition) is 1. The SMILES string of the molecule is CCC.CCCCC(NC)N(F)CC1CCCC1. The van der Waals surface area contributed by atoms with Crippen LogP contribution in [0, 0.1) is 5.92 Å². The van der Waals surface area contributed by atoms with Crippen LogP contribution in [0.15, 0.2) is 0 Å². The average Bonchev–Trinajstić information content (AvgIpc) is 2.84. The molecule has 3 heteroatoms. The van der Waals surface area contributed by atoms with Gasteiger partial charge < -0.3 is 5.32 Å². The van der Waals surface area contributed by atoms with Gasteiger partial charge in [0.2, 0.25) is 0 Å². The van der Waals surface area contributed by atoms with Crippen molar-refractivity contribution in [3.8, 4) is 0 Å². The van der Waals surface area contributed by atoms with Crippen LogP contribution in [0.4, 0.5) is 4.48 Å². The van der Waals surface area contributed by atoms with Gasteiger partial charge >= 0.3 is 0 Å². The number of unbranched alkanes of at least 4 members (excludes halogenated alkanes) is 1. The second kappa shape index (κ2) is 11.9. The van der Waals surface area contributed by atoms with E-state index in [1.165, 1.54) is 32.1 Å². The molecule has 0 heterocycles. The summed E-state index contributed by atoms with van der Waals surface area (Å²) < 4.78 is 13.8. The molecule has 0 amide bonds. The topological polar surface area (TPSA) is 15.3 Å². The van der Waals surface area contributed by atoms with Crippen LogP contribution in [0.2, 0.25) is 0 Å². The van der Waals surface area contributed by atoms with Crippen LogP contribution in [0.3, 0.4) is 0 Å². The standard InChI is InChI=1S/C12H25FN2.C3H8/c1-3-4-9-12(14-2)15(13)10-11-7-5-6-8-11;1-3-2/h11-12,14H,3-10H2,1-2H3;3H2,1-2H3. The van der Waals surface area contributed by atoms with Crippen LogP contribution < -0.4 is 5.32 Å². The molecule has 1 unspecified atom stereocenters. The van der Waals surface area contributed by atoms with Crippen LogP contribution in [0.5, 0.6) is 0 Å². The molecular weight excluding hydrogens is 227 g/mol. The summed E-state index contributed by atoms with van der Waals surface area (Å²) in [5.41, 5.74) is 0. The number of halogens is 1. The van der Waals surface area contributed by atoms with Crippen LogP contribution in [0.25, 0.3) is 0 Å².